The molecule has 1 aliphatic rings. The maximum absolute atomic E-state index is 12.7. The van der Waals surface area contributed by atoms with Gasteiger partial charge in [-0.15, -0.1) is 0 Å². The number of aryl methyl sites for hydroxylation is 1. The Bertz CT molecular complexity index is 970. The molecule has 0 saturated carbocycles. The fourth-order valence-electron chi connectivity index (χ4n) is 3.48. The first-order valence-electron chi connectivity index (χ1n) is 9.53. The molecule has 0 spiro atoms. The lowest BCUT2D eigenvalue weighted by atomic mass is 10.2. The van der Waals surface area contributed by atoms with Gasteiger partial charge in [0.2, 0.25) is 5.91 Å². The minimum absolute atomic E-state index is 0.0514. The molecule has 0 unspecified atom stereocenters. The Balaban J connectivity index is 1.46. The third-order valence-corrected chi connectivity index (χ3v) is 4.84. The maximum atomic E-state index is 12.7. The van der Waals surface area contributed by atoms with Crippen molar-refractivity contribution >= 4 is 28.5 Å². The number of hydrogen-bond acceptors (Lipinski definition) is 3. The molecule has 0 aliphatic carbocycles. The van der Waals surface area contributed by atoms with Crippen LogP contribution in [-0.2, 0) is 18.4 Å². The zero-order chi connectivity index (χ0) is 19.5. The van der Waals surface area contributed by atoms with Gasteiger partial charge in [-0.1, -0.05) is 18.2 Å². The molecule has 2 N–H and O–H groups in total. The van der Waals surface area contributed by atoms with Crippen molar-refractivity contribution in [2.24, 2.45) is 12.0 Å². The van der Waals surface area contributed by atoms with Crippen molar-refractivity contribution in [1.82, 2.24) is 25.0 Å². The molecule has 1 amide bonds. The predicted molar refractivity (Wildman–Crippen MR) is 110 cm³/mol. The van der Waals surface area contributed by atoms with Crippen LogP contribution < -0.4 is 10.2 Å². The lowest BCUT2D eigenvalue weighted by Gasteiger charge is -2.35. The van der Waals surface area contributed by atoms with Gasteiger partial charge in [-0.2, -0.15) is 5.10 Å². The summed E-state index contributed by atoms with van der Waals surface area (Å²) in [5.74, 6) is 0.816. The normalized spacial score (nSPS) is 15.5. The molecule has 1 saturated heterocycles. The maximum Gasteiger partial charge on any atom is 0.246 e. The number of rotatable bonds is 4. The minimum Gasteiger partial charge on any atom is -0.357 e. The number of nitrogens with zero attached hydrogens (tertiary/aromatic N) is 5. The second-order valence-electron chi connectivity index (χ2n) is 6.89. The fourth-order valence-corrected chi connectivity index (χ4v) is 3.48. The van der Waals surface area contributed by atoms with Crippen LogP contribution in [-0.4, -0.2) is 57.7 Å². The Labute approximate surface area is 163 Å². The quantitative estimate of drug-likeness (QED) is 0.534. The first kappa shape index (κ1) is 18.1. The fraction of sp³-hybridized carbons (Fsp3) is 0.350. The molecule has 0 atom stereocenters. The van der Waals surface area contributed by atoms with Crippen LogP contribution in [0.4, 0.5) is 5.69 Å². The van der Waals surface area contributed by atoms with E-state index in [4.69, 9.17) is 4.99 Å². The lowest BCUT2D eigenvalue weighted by molar-refractivity contribution is -0.120. The minimum atomic E-state index is 0.0514. The largest absolute Gasteiger partial charge is 0.357 e. The molecule has 8 nitrogen and oxygen atoms in total. The highest BCUT2D eigenvalue weighted by Crippen LogP contribution is 2.17. The van der Waals surface area contributed by atoms with Gasteiger partial charge >= 0.3 is 0 Å². The lowest BCUT2D eigenvalue weighted by Crippen LogP contribution is -2.55. The molecule has 146 valence electrons. The Morgan fingerprint density at radius 2 is 2.18 bits per heavy atom. The van der Waals surface area contributed by atoms with E-state index in [1.165, 1.54) is 5.39 Å². The summed E-state index contributed by atoms with van der Waals surface area (Å²) in [7, 11) is 1.85. The number of nitrogens with one attached hydrogen (secondary N) is 2. The van der Waals surface area contributed by atoms with E-state index in [0.717, 1.165) is 35.9 Å². The molecule has 4 rings (SSSR count). The number of hydrogen-bond donors (Lipinski definition) is 2. The third kappa shape index (κ3) is 3.71. The standard InChI is InChI=1S/C20H25N7O/c1-3-21-20(22-11-16-10-15-6-4-5-7-18(15)24-16)26-8-9-27(19(28)14-26)17-12-23-25(2)13-17/h4-7,10,12-13,24H,3,8-9,11,14H2,1-2H3,(H,21,22). The van der Waals surface area contributed by atoms with Crippen molar-refractivity contribution in [2.45, 2.75) is 13.5 Å². The average molecular weight is 379 g/mol. The molecule has 3 aromatic rings. The van der Waals surface area contributed by atoms with Crippen molar-refractivity contribution in [3.8, 4) is 0 Å². The van der Waals surface area contributed by atoms with Gasteiger partial charge in [-0.3, -0.25) is 9.48 Å². The smallest absolute Gasteiger partial charge is 0.246 e. The van der Waals surface area contributed by atoms with Crippen LogP contribution in [0.25, 0.3) is 10.9 Å². The molecule has 2 aromatic heterocycles. The highest BCUT2D eigenvalue weighted by atomic mass is 16.2. The highest BCUT2D eigenvalue weighted by molar-refractivity contribution is 5.98. The van der Waals surface area contributed by atoms with Gasteiger partial charge in [0.1, 0.15) is 6.54 Å². The van der Waals surface area contributed by atoms with Crippen molar-refractivity contribution in [3.63, 3.8) is 0 Å². The molecular weight excluding hydrogens is 354 g/mol. The number of aromatic amines is 1. The summed E-state index contributed by atoms with van der Waals surface area (Å²) < 4.78 is 1.71. The predicted octanol–water partition coefficient (Wildman–Crippen LogP) is 1.72. The summed E-state index contributed by atoms with van der Waals surface area (Å²) in [5.41, 5.74) is 3.00. The SMILES string of the molecule is CCNC(=NCc1cc2ccccc2[nH]1)N1CCN(c2cnn(C)c2)C(=O)C1. The van der Waals surface area contributed by atoms with E-state index in [0.29, 0.717) is 19.6 Å². The molecule has 0 radical (unpaired) electrons. The number of carbonyl (C=O) groups is 1. The second-order valence-corrected chi connectivity index (χ2v) is 6.89. The number of amides is 1. The van der Waals surface area contributed by atoms with Gasteiger partial charge in [0.05, 0.1) is 18.4 Å². The van der Waals surface area contributed by atoms with Crippen LogP contribution in [0, 0.1) is 0 Å². The second kappa shape index (κ2) is 7.75. The van der Waals surface area contributed by atoms with Crippen molar-refractivity contribution in [1.29, 1.82) is 0 Å². The van der Waals surface area contributed by atoms with Gasteiger partial charge in [0, 0.05) is 44.1 Å². The molecule has 8 heteroatoms. The number of para-hydroxylation sites is 1. The summed E-state index contributed by atoms with van der Waals surface area (Å²) >= 11 is 0. The summed E-state index contributed by atoms with van der Waals surface area (Å²) in [4.78, 5) is 24.6. The van der Waals surface area contributed by atoms with E-state index >= 15 is 0 Å². The number of benzene rings is 1. The number of carbonyl (C=O) groups excluding carboxylic acids is 1. The Morgan fingerprint density at radius 3 is 2.89 bits per heavy atom. The Morgan fingerprint density at radius 1 is 1.32 bits per heavy atom. The number of piperazine rings is 1. The summed E-state index contributed by atoms with van der Waals surface area (Å²) in [5, 5.41) is 8.65. The number of aliphatic imine (C=N–C) groups is 1. The van der Waals surface area contributed by atoms with Crippen molar-refractivity contribution in [3.05, 3.63) is 48.4 Å². The monoisotopic (exact) mass is 379 g/mol. The van der Waals surface area contributed by atoms with Crippen molar-refractivity contribution < 1.29 is 4.79 Å². The highest BCUT2D eigenvalue weighted by Gasteiger charge is 2.27. The van der Waals surface area contributed by atoms with Gasteiger partial charge in [-0.25, -0.2) is 4.99 Å². The van der Waals surface area contributed by atoms with Crippen LogP contribution in [0.15, 0.2) is 47.7 Å². The summed E-state index contributed by atoms with van der Waals surface area (Å²) in [6.07, 6.45) is 3.59. The van der Waals surface area contributed by atoms with Gasteiger partial charge in [-0.05, 0) is 24.4 Å². The molecule has 1 aliphatic heterocycles. The first-order valence-corrected chi connectivity index (χ1v) is 9.53. The van der Waals surface area contributed by atoms with Crippen LogP contribution >= 0.6 is 0 Å². The topological polar surface area (TPSA) is 81.6 Å². The Hall–Kier alpha value is -3.29. The van der Waals surface area contributed by atoms with Crippen LogP contribution in [0.5, 0.6) is 0 Å². The van der Waals surface area contributed by atoms with Crippen LogP contribution in [0.1, 0.15) is 12.6 Å². The van der Waals surface area contributed by atoms with E-state index in [9.17, 15) is 4.79 Å². The van der Waals surface area contributed by atoms with E-state index in [1.807, 2.05) is 37.2 Å². The molecule has 3 heterocycles. The van der Waals surface area contributed by atoms with Crippen molar-refractivity contribution in [2.75, 3.05) is 31.1 Å². The third-order valence-electron chi connectivity index (χ3n) is 4.84. The molecule has 28 heavy (non-hydrogen) atoms. The summed E-state index contributed by atoms with van der Waals surface area (Å²) in [6.45, 7) is 4.96. The molecule has 1 fully saturated rings. The van der Waals surface area contributed by atoms with Gasteiger partial charge < -0.3 is 20.1 Å². The van der Waals surface area contributed by atoms with E-state index in [2.05, 4.69) is 33.6 Å². The molecule has 0 bridgehead atoms. The number of aromatic nitrogens is 3. The van der Waals surface area contributed by atoms with E-state index < -0.39 is 0 Å². The molecule has 1 aromatic carbocycles. The van der Waals surface area contributed by atoms with E-state index in [1.54, 1.807) is 15.8 Å². The molecular formula is C20H25N7O. The average Bonchev–Trinajstić information content (AvgIpc) is 3.30. The van der Waals surface area contributed by atoms with Gasteiger partial charge in [0.15, 0.2) is 5.96 Å². The number of fused-ring (bicyclic) bond motifs is 1. The zero-order valence-corrected chi connectivity index (χ0v) is 16.2. The van der Waals surface area contributed by atoms with Gasteiger partial charge in [0.25, 0.3) is 0 Å². The van der Waals surface area contributed by atoms with Crippen LogP contribution in [0.3, 0.4) is 0 Å². The van der Waals surface area contributed by atoms with Crippen LogP contribution in [0.2, 0.25) is 0 Å². The number of guanidine groups is 1. The summed E-state index contributed by atoms with van der Waals surface area (Å²) in [6, 6.07) is 10.3. The van der Waals surface area contributed by atoms with E-state index in [-0.39, 0.29) is 5.91 Å². The zero-order valence-electron chi connectivity index (χ0n) is 16.2. The number of anilines is 1. The first-order chi connectivity index (χ1) is 13.6. The number of H-pyrrole nitrogens is 1. The Kier molecular flexibility index (Phi) is 5.01.